The Hall–Kier alpha value is -1.73. The molecular formula is C31H22Cl4Zr. The molecule has 0 radical (unpaired) electrons. The maximum atomic E-state index is 6.30. The van der Waals surface area contributed by atoms with Gasteiger partial charge in [-0.05, 0) is 0 Å². The van der Waals surface area contributed by atoms with Crippen molar-refractivity contribution >= 4 is 29.7 Å². The summed E-state index contributed by atoms with van der Waals surface area (Å²) in [5, 5.41) is 1.53. The van der Waals surface area contributed by atoms with Crippen molar-refractivity contribution in [2.45, 2.75) is 10.0 Å². The molecule has 0 unspecified atom stereocenters. The maximum absolute atomic E-state index is 6.30. The van der Waals surface area contributed by atoms with Crippen LogP contribution in [-0.4, -0.2) is 3.21 Å². The van der Waals surface area contributed by atoms with Crippen LogP contribution in [0.15, 0.2) is 115 Å². The van der Waals surface area contributed by atoms with Gasteiger partial charge in [0.05, 0.1) is 0 Å². The van der Waals surface area contributed by atoms with Crippen molar-refractivity contribution in [1.82, 2.24) is 0 Å². The van der Waals surface area contributed by atoms with Gasteiger partial charge < -0.3 is 24.8 Å². The number of rotatable bonds is 4. The van der Waals surface area contributed by atoms with Crippen molar-refractivity contribution in [3.63, 3.8) is 0 Å². The third kappa shape index (κ3) is 5.15. The number of hydrogen-bond donors (Lipinski definition) is 0. The summed E-state index contributed by atoms with van der Waals surface area (Å²) in [6.45, 7) is 0. The van der Waals surface area contributed by atoms with E-state index in [1.165, 1.54) is 36.6 Å². The predicted octanol–water partition coefficient (Wildman–Crippen LogP) is 2.00. The van der Waals surface area contributed by atoms with E-state index in [0.29, 0.717) is 3.63 Å². The van der Waals surface area contributed by atoms with Gasteiger partial charge >= 0.3 is 220 Å². The molecule has 0 heterocycles. The first-order valence-corrected chi connectivity index (χ1v) is 16.1. The molecule has 36 heavy (non-hydrogen) atoms. The van der Waals surface area contributed by atoms with Crippen LogP contribution in [0.3, 0.4) is 0 Å². The molecule has 4 aromatic carbocycles. The molecule has 4 aromatic rings. The van der Waals surface area contributed by atoms with E-state index < -0.39 is 21.3 Å². The van der Waals surface area contributed by atoms with E-state index >= 15 is 0 Å². The largest absolute Gasteiger partial charge is 1.00 e. The smallest absolute Gasteiger partial charge is 1.00 e. The van der Waals surface area contributed by atoms with E-state index in [9.17, 15) is 0 Å². The Balaban J connectivity index is 0.00000152. The molecule has 0 bridgehead atoms. The van der Waals surface area contributed by atoms with Gasteiger partial charge in [-0.3, -0.25) is 0 Å². The summed E-state index contributed by atoms with van der Waals surface area (Å²) < 4.78 is 3.53. The normalized spacial score (nSPS) is 12.7. The van der Waals surface area contributed by atoms with Gasteiger partial charge in [0.2, 0.25) is 0 Å². The number of allylic oxidation sites excluding steroid dienone is 4. The van der Waals surface area contributed by atoms with Crippen LogP contribution in [0.2, 0.25) is 13.7 Å². The second-order valence-corrected chi connectivity index (χ2v) is 15.9. The zero-order valence-electron chi connectivity index (χ0n) is 19.3. The van der Waals surface area contributed by atoms with Gasteiger partial charge in [-0.1, -0.05) is 0 Å². The fraction of sp³-hybridized carbons (Fsp3) is 0.0645. The van der Waals surface area contributed by atoms with Gasteiger partial charge in [0, 0.05) is 0 Å². The Labute approximate surface area is 242 Å². The Morgan fingerprint density at radius 2 is 1.19 bits per heavy atom. The van der Waals surface area contributed by atoms with Crippen molar-refractivity contribution in [2.24, 2.45) is 0 Å². The molecule has 0 N–H and O–H groups in total. The molecule has 5 heteroatoms. The number of benzene rings is 4. The average molecular weight is 628 g/mol. The van der Waals surface area contributed by atoms with E-state index in [1.807, 2.05) is 24.3 Å². The molecule has 6 rings (SSSR count). The van der Waals surface area contributed by atoms with Crippen LogP contribution in [0, 0.1) is 0 Å². The molecule has 0 fully saturated rings. The van der Waals surface area contributed by atoms with Gasteiger partial charge in [-0.25, -0.2) is 0 Å². The van der Waals surface area contributed by atoms with Crippen molar-refractivity contribution in [1.29, 1.82) is 0 Å². The molecule has 0 saturated heterocycles. The topological polar surface area (TPSA) is 0 Å². The molecular weight excluding hydrogens is 605 g/mol. The zero-order chi connectivity index (χ0) is 23.1. The molecule has 0 atom stereocenters. The first-order valence-electron chi connectivity index (χ1n) is 11.5. The van der Waals surface area contributed by atoms with Crippen LogP contribution in [0.5, 0.6) is 0 Å². The van der Waals surface area contributed by atoms with Gasteiger partial charge in [0.1, 0.15) is 0 Å². The minimum Gasteiger partial charge on any atom is -1.00 e. The molecule has 0 nitrogen and oxygen atoms in total. The van der Waals surface area contributed by atoms with Gasteiger partial charge in [0.15, 0.2) is 0 Å². The zero-order valence-corrected chi connectivity index (χ0v) is 24.7. The summed E-state index contributed by atoms with van der Waals surface area (Å²) in [6, 6.07) is 32.6. The molecule has 2 aliphatic rings. The Morgan fingerprint density at radius 3 is 1.81 bits per heavy atom. The Bertz CT molecular complexity index is 1420. The summed E-state index contributed by atoms with van der Waals surface area (Å²) in [4.78, 5) is 0. The first kappa shape index (κ1) is 27.3. The average Bonchev–Trinajstić information content (AvgIpc) is 3.52. The second-order valence-electron chi connectivity index (χ2n) is 8.76. The summed E-state index contributed by atoms with van der Waals surface area (Å²) in [5.74, 6) is 0. The Kier molecular flexibility index (Phi) is 8.93. The molecule has 0 aromatic heterocycles. The second kappa shape index (κ2) is 11.8. The van der Waals surface area contributed by atoms with E-state index in [0.717, 1.165) is 16.5 Å². The third-order valence-electron chi connectivity index (χ3n) is 6.76. The molecule has 0 saturated carbocycles. The van der Waals surface area contributed by atoms with Crippen LogP contribution >= 0.6 is 23.2 Å². The fourth-order valence-corrected chi connectivity index (χ4v) is 13.7. The molecule has 0 aliphatic heterocycles. The monoisotopic (exact) mass is 624 g/mol. The number of hydrogen-bond acceptors (Lipinski definition) is 0. The summed E-state index contributed by atoms with van der Waals surface area (Å²) in [6.07, 6.45) is 10.2. The summed E-state index contributed by atoms with van der Waals surface area (Å²) >= 11 is 10.0. The van der Waals surface area contributed by atoms with Crippen molar-refractivity contribution in [2.75, 3.05) is 0 Å². The van der Waals surface area contributed by atoms with Crippen LogP contribution in [0.1, 0.15) is 22.3 Å². The molecule has 2 aliphatic carbocycles. The maximum Gasteiger partial charge on any atom is -1.00 e. The van der Waals surface area contributed by atoms with Crippen molar-refractivity contribution in [3.8, 4) is 11.1 Å². The van der Waals surface area contributed by atoms with Crippen LogP contribution in [0.25, 0.3) is 11.1 Å². The molecule has 0 spiro atoms. The van der Waals surface area contributed by atoms with E-state index in [4.69, 9.17) is 23.2 Å². The SMILES string of the molecule is Clc1ccc([C](c2ccc(Cl)cc2)=[Zr+2]([c]2cccc3c2Cc2ccccc2-3)[CH]2C=CC=C2)cc1.[Cl-].[Cl-]. The minimum absolute atomic E-state index is 0. The molecule has 0 amide bonds. The van der Waals surface area contributed by atoms with Crippen molar-refractivity contribution in [3.05, 3.63) is 148 Å². The Morgan fingerprint density at radius 1 is 0.639 bits per heavy atom. The van der Waals surface area contributed by atoms with Gasteiger partial charge in [0.25, 0.3) is 0 Å². The number of halogens is 4. The van der Waals surface area contributed by atoms with Gasteiger partial charge in [-0.2, -0.15) is 0 Å². The van der Waals surface area contributed by atoms with Gasteiger partial charge in [-0.15, -0.1) is 0 Å². The summed E-state index contributed by atoms with van der Waals surface area (Å²) in [5.41, 5.74) is 8.28. The summed E-state index contributed by atoms with van der Waals surface area (Å²) in [7, 11) is 0. The molecule has 178 valence electrons. The standard InChI is InChI=1S/C13H8Cl2.C13H9.C5H5.2ClH.Zr/c14-12-5-1-10(2-6-12)9-11-3-7-13(15)8-4-11;1-3-7-12-10(5-1)9-11-6-2-4-8-13(11)12;1-2-4-5-3-1;;;/h1-8H;1-5,7-8H,9H2;1-5H;2*1H;/q;;;;;+2/p-2. The minimum atomic E-state index is -2.56. The quantitative estimate of drug-likeness (QED) is 0.286. The fourth-order valence-electron chi connectivity index (χ4n) is 5.23. The van der Waals surface area contributed by atoms with Crippen LogP contribution < -0.4 is 28.1 Å². The van der Waals surface area contributed by atoms with E-state index in [2.05, 4.69) is 91.0 Å². The van der Waals surface area contributed by atoms with Crippen LogP contribution in [-0.2, 0) is 27.7 Å². The number of fused-ring (bicyclic) bond motifs is 3. The first-order chi connectivity index (χ1) is 16.7. The third-order valence-corrected chi connectivity index (χ3v) is 15.2. The predicted molar refractivity (Wildman–Crippen MR) is 142 cm³/mol. The van der Waals surface area contributed by atoms with Crippen molar-refractivity contribution < 1.29 is 46.1 Å². The van der Waals surface area contributed by atoms with E-state index in [1.54, 1.807) is 3.27 Å². The van der Waals surface area contributed by atoms with Crippen LogP contribution in [0.4, 0.5) is 0 Å². The van der Waals surface area contributed by atoms with E-state index in [-0.39, 0.29) is 24.8 Å².